The van der Waals surface area contributed by atoms with Gasteiger partial charge < -0.3 is 74.2 Å². The van der Waals surface area contributed by atoms with Gasteiger partial charge in [-0.15, -0.1) is 5.10 Å². The first-order valence-electron chi connectivity index (χ1n) is 29.4. The minimum Gasteiger partial charge on any atom is -0.508 e. The molecule has 16 N–H and O–H groups in total. The molecule has 1 aromatic heterocycles. The Hall–Kier alpha value is -9.64. The molecule has 0 aliphatic carbocycles. The SMILES string of the molecule is CC(=O)N[C@@H](CCCCn1cc(C[C@@H](NC(=O)[C@@H](Cc2ccccc2)NC(=O)[C@@H](C)NC(=O)[C@@H](CCC(=O)O)NC(C)=O)C(=O)O)nn1)C(=O)C[C@H](Cc1ccc(O)cc1)C(=O)N[C@H](CCCCN)C(=O)C[C@H](CO)C(=O)N[C@H](Cc1ccc(O)cc1)C(N)=O. The topological polar surface area (TPSA) is 473 Å². The van der Waals surface area contributed by atoms with Crippen molar-refractivity contribution < 1.29 is 83.1 Å². The second-order valence-electron chi connectivity index (χ2n) is 22.0. The molecule has 0 bridgehead atoms. The number of aryl methyl sites for hydroxylation is 1. The molecule has 488 valence electrons. The predicted molar refractivity (Wildman–Crippen MR) is 322 cm³/mol. The van der Waals surface area contributed by atoms with Crippen LogP contribution in [-0.2, 0) is 89.8 Å². The van der Waals surface area contributed by atoms with E-state index in [1.165, 1.54) is 61.1 Å². The number of carboxylic acid groups (broad SMARTS) is 2. The van der Waals surface area contributed by atoms with Crippen LogP contribution >= 0.6 is 0 Å². The van der Waals surface area contributed by atoms with Gasteiger partial charge in [0.25, 0.3) is 0 Å². The van der Waals surface area contributed by atoms with Crippen molar-refractivity contribution in [2.24, 2.45) is 23.3 Å². The lowest BCUT2D eigenvalue weighted by molar-refractivity contribution is -0.142. The molecule has 0 unspecified atom stereocenters. The fourth-order valence-electron chi connectivity index (χ4n) is 9.58. The lowest BCUT2D eigenvalue weighted by Gasteiger charge is -2.25. The average molecular weight is 1260 g/mol. The molecule has 9 atom stereocenters. The van der Waals surface area contributed by atoms with Crippen LogP contribution in [0.2, 0.25) is 0 Å². The van der Waals surface area contributed by atoms with Crippen LogP contribution in [0.5, 0.6) is 11.5 Å². The summed E-state index contributed by atoms with van der Waals surface area (Å²) >= 11 is 0. The average Bonchev–Trinajstić information content (AvgIpc) is 3.02. The minimum absolute atomic E-state index is 0.0254. The number of aromatic nitrogens is 3. The van der Waals surface area contributed by atoms with E-state index in [9.17, 15) is 78.0 Å². The highest BCUT2D eigenvalue weighted by atomic mass is 16.4. The number of hydrogen-bond donors (Lipinski definition) is 14. The number of primary amides is 1. The first kappa shape index (κ1) is 72.8. The zero-order valence-corrected chi connectivity index (χ0v) is 50.4. The predicted octanol–water partition coefficient (Wildman–Crippen LogP) is -0.710. The van der Waals surface area contributed by atoms with Crippen LogP contribution in [0.15, 0.2) is 85.1 Å². The molecule has 8 amide bonds. The number of aliphatic hydroxyl groups is 1. The van der Waals surface area contributed by atoms with Crippen LogP contribution in [0.25, 0.3) is 0 Å². The van der Waals surface area contributed by atoms with E-state index >= 15 is 0 Å². The molecule has 0 saturated carbocycles. The summed E-state index contributed by atoms with van der Waals surface area (Å²) in [4.78, 5) is 157. The third kappa shape index (κ3) is 26.0. The van der Waals surface area contributed by atoms with E-state index in [4.69, 9.17) is 16.6 Å². The van der Waals surface area contributed by atoms with E-state index < -0.39 is 151 Å². The van der Waals surface area contributed by atoms with Crippen molar-refractivity contribution in [2.75, 3.05) is 13.2 Å². The maximum Gasteiger partial charge on any atom is 0.326 e. The third-order valence-corrected chi connectivity index (χ3v) is 14.5. The molecule has 29 nitrogen and oxygen atoms in total. The van der Waals surface area contributed by atoms with E-state index in [0.717, 1.165) is 6.92 Å². The largest absolute Gasteiger partial charge is 0.508 e. The number of benzene rings is 3. The number of ketones is 2. The van der Waals surface area contributed by atoms with Gasteiger partial charge in [0.15, 0.2) is 11.6 Å². The van der Waals surface area contributed by atoms with Gasteiger partial charge in [-0.1, -0.05) is 59.8 Å². The van der Waals surface area contributed by atoms with E-state index in [2.05, 4.69) is 47.5 Å². The number of aliphatic carboxylic acids is 2. The van der Waals surface area contributed by atoms with Crippen molar-refractivity contribution in [3.8, 4) is 11.5 Å². The lowest BCUT2D eigenvalue weighted by atomic mass is 9.89. The second-order valence-corrected chi connectivity index (χ2v) is 22.0. The van der Waals surface area contributed by atoms with E-state index in [1.54, 1.807) is 42.5 Å². The van der Waals surface area contributed by atoms with Gasteiger partial charge in [0, 0.05) is 71.0 Å². The van der Waals surface area contributed by atoms with Crippen molar-refractivity contribution in [1.82, 2.24) is 52.2 Å². The zero-order chi connectivity index (χ0) is 66.5. The maximum atomic E-state index is 14.4. The Morgan fingerprint density at radius 2 is 1.01 bits per heavy atom. The van der Waals surface area contributed by atoms with Gasteiger partial charge in [-0.25, -0.2) is 4.79 Å². The number of carbonyl (C=O) groups is 12. The number of phenols is 2. The molecule has 90 heavy (non-hydrogen) atoms. The Morgan fingerprint density at radius 3 is 1.57 bits per heavy atom. The van der Waals surface area contributed by atoms with Crippen LogP contribution in [0.3, 0.4) is 0 Å². The molecule has 0 spiro atoms. The van der Waals surface area contributed by atoms with Gasteiger partial charge in [-0.3, -0.25) is 57.4 Å². The molecule has 4 rings (SSSR count). The highest BCUT2D eigenvalue weighted by Crippen LogP contribution is 2.21. The van der Waals surface area contributed by atoms with Crippen molar-refractivity contribution in [3.63, 3.8) is 0 Å². The summed E-state index contributed by atoms with van der Waals surface area (Å²) in [6.45, 7) is 3.28. The summed E-state index contributed by atoms with van der Waals surface area (Å²) in [5.74, 6) is -12.7. The molecule has 3 aromatic carbocycles. The van der Waals surface area contributed by atoms with E-state index in [1.807, 2.05) is 0 Å². The van der Waals surface area contributed by atoms with Crippen LogP contribution in [0, 0.1) is 11.8 Å². The summed E-state index contributed by atoms with van der Waals surface area (Å²) in [6, 6.07) is 11.1. The Bertz CT molecular complexity index is 3090. The van der Waals surface area contributed by atoms with Crippen LogP contribution in [-0.4, -0.2) is 167 Å². The van der Waals surface area contributed by atoms with Gasteiger partial charge in [0.05, 0.1) is 30.3 Å². The number of nitrogens with two attached hydrogens (primary N) is 2. The number of carbonyl (C=O) groups excluding carboxylic acids is 10. The normalized spacial score (nSPS) is 14.1. The molecule has 0 radical (unpaired) electrons. The summed E-state index contributed by atoms with van der Waals surface area (Å²) in [6.07, 6.45) is 0.775. The van der Waals surface area contributed by atoms with Crippen LogP contribution in [0.4, 0.5) is 0 Å². The van der Waals surface area contributed by atoms with E-state index in [-0.39, 0.29) is 75.2 Å². The van der Waals surface area contributed by atoms with Gasteiger partial charge in [-0.05, 0) is 106 Å². The monoisotopic (exact) mass is 1250 g/mol. The highest BCUT2D eigenvalue weighted by Gasteiger charge is 2.35. The number of unbranched alkanes of at least 4 members (excludes halogenated alkanes) is 2. The number of hydrogen-bond acceptors (Lipinski definition) is 18. The standard InChI is InChI=1S/C61H82N12O17/c1-35(64-59(87)48(66-37(3)76)23-24-54(81)82)56(84)69-50(29-38-11-5-4-6-12-38)60(88)70-51(61(89)90)32-43-33-73(72-71-43)26-10-8-14-46(65-36(2)75)52(79)30-41(27-39-15-19-44(77)20-16-39)57(85)67-47(13-7-9-25-62)53(80)31-42(34-74)58(86)68-49(55(63)83)28-40-17-21-45(78)22-18-40/h4-6,11-12,15-22,33,35,41-42,46-51,74,77-78H,7-10,13-14,23-32,34,62H2,1-3H3,(H2,63,83)(H,64,87)(H,65,75)(H,66,76)(H,67,85)(H,68,86)(H,69,84)(H,70,88)(H,81,82)(H,89,90)/t35-,41+,42-,46+,47-,48-,49-,50-,51-/m1/s1. The number of carboxylic acids is 2. The van der Waals surface area contributed by atoms with Crippen LogP contribution < -0.4 is 48.7 Å². The third-order valence-electron chi connectivity index (χ3n) is 14.5. The van der Waals surface area contributed by atoms with Crippen molar-refractivity contribution >= 4 is 70.8 Å². The molecule has 0 saturated heterocycles. The number of phenolic OH excluding ortho intramolecular Hbond substituents is 2. The number of nitrogens with one attached hydrogen (secondary N) is 7. The zero-order valence-electron chi connectivity index (χ0n) is 50.4. The fourth-order valence-corrected chi connectivity index (χ4v) is 9.58. The Balaban J connectivity index is 1.43. The van der Waals surface area contributed by atoms with E-state index in [0.29, 0.717) is 42.4 Å². The number of aromatic hydroxyl groups is 2. The molecule has 0 aliphatic heterocycles. The molecule has 4 aromatic rings. The lowest BCUT2D eigenvalue weighted by Crippen LogP contribution is -2.57. The van der Waals surface area contributed by atoms with Crippen molar-refractivity contribution in [3.05, 3.63) is 107 Å². The molecule has 0 fully saturated rings. The number of nitrogens with zero attached hydrogens (tertiary/aromatic N) is 3. The Labute approximate surface area is 519 Å². The number of rotatable bonds is 41. The first-order chi connectivity index (χ1) is 42.7. The van der Waals surface area contributed by atoms with Gasteiger partial charge in [-0.2, -0.15) is 0 Å². The second kappa shape index (κ2) is 37.3. The number of amides is 8. The smallest absolute Gasteiger partial charge is 0.326 e. The molecule has 1 heterocycles. The Morgan fingerprint density at radius 1 is 0.522 bits per heavy atom. The molecular formula is C61H82N12O17. The van der Waals surface area contributed by atoms with Crippen LogP contribution in [0.1, 0.15) is 107 Å². The summed E-state index contributed by atoms with van der Waals surface area (Å²) in [5, 5.41) is 75.1. The van der Waals surface area contributed by atoms with Gasteiger partial charge in [0.2, 0.25) is 47.3 Å². The fraction of sp³-hybridized carbons (Fsp3) is 0.475. The van der Waals surface area contributed by atoms with Gasteiger partial charge in [0.1, 0.15) is 41.7 Å². The maximum absolute atomic E-state index is 14.4. The van der Waals surface area contributed by atoms with Crippen molar-refractivity contribution in [2.45, 2.75) is 160 Å². The highest BCUT2D eigenvalue weighted by molar-refractivity contribution is 5.97. The summed E-state index contributed by atoms with van der Waals surface area (Å²) in [7, 11) is 0. The number of aliphatic hydroxyl groups excluding tert-OH is 1. The summed E-state index contributed by atoms with van der Waals surface area (Å²) < 4.78 is 1.41. The minimum atomic E-state index is -1.58. The van der Waals surface area contributed by atoms with Crippen molar-refractivity contribution in [1.29, 1.82) is 0 Å². The first-order valence-corrected chi connectivity index (χ1v) is 29.4. The molecule has 29 heteroatoms. The molecular weight excluding hydrogens is 1170 g/mol. The number of Topliss-reactive ketones (excluding diaryl/α,β-unsaturated/α-hetero) is 2. The summed E-state index contributed by atoms with van der Waals surface area (Å²) in [5.41, 5.74) is 13.2. The quantitative estimate of drug-likeness (QED) is 0.0244. The Kier molecular flexibility index (Phi) is 30.2. The molecule has 0 aliphatic rings. The van der Waals surface area contributed by atoms with Gasteiger partial charge >= 0.3 is 11.9 Å².